The van der Waals surface area contributed by atoms with Gasteiger partial charge in [-0.3, -0.25) is 19.3 Å². The van der Waals surface area contributed by atoms with Gasteiger partial charge >= 0.3 is 5.97 Å². The molecule has 2 saturated heterocycles. The number of fused-ring (bicyclic) bond motifs is 1. The van der Waals surface area contributed by atoms with E-state index in [4.69, 9.17) is 0 Å². The summed E-state index contributed by atoms with van der Waals surface area (Å²) >= 11 is 1.38. The van der Waals surface area contributed by atoms with E-state index in [-0.39, 0.29) is 23.7 Å². The molecule has 2 aliphatic rings. The molecule has 2 heterocycles. The van der Waals surface area contributed by atoms with Gasteiger partial charge in [0.25, 0.3) is 0 Å². The number of carboxylic acid groups (broad SMARTS) is 1. The van der Waals surface area contributed by atoms with Crippen molar-refractivity contribution in [3.05, 3.63) is 30.3 Å². The van der Waals surface area contributed by atoms with E-state index in [1.165, 1.54) is 18.7 Å². The predicted molar refractivity (Wildman–Crippen MR) is 86.8 cm³/mol. The van der Waals surface area contributed by atoms with Crippen LogP contribution in [0.4, 0.5) is 5.69 Å². The molecular weight excluding hydrogens is 316 g/mol. The largest absolute Gasteiger partial charge is 0.481 e. The lowest BCUT2D eigenvalue weighted by Crippen LogP contribution is -2.66. The zero-order valence-corrected chi connectivity index (χ0v) is 13.7. The lowest BCUT2D eigenvalue weighted by Gasteiger charge is -2.54. The molecule has 2 fully saturated rings. The van der Waals surface area contributed by atoms with Crippen LogP contribution in [0.5, 0.6) is 0 Å². The number of hydrogen-bond acceptors (Lipinski definition) is 4. The molecule has 2 unspecified atom stereocenters. The standard InChI is InChI=1S/C16H18N2O4S/c1-10(19)18(11-6-4-3-5-7-11)14-16(2,15(21)22)9-17-12(20)8-13(17)23-14/h3-7,13-14H,8-9H2,1-2H3,(H,21,22)/t13-,14?,16?/m1/s1. The number of benzene rings is 1. The van der Waals surface area contributed by atoms with E-state index in [1.54, 1.807) is 28.9 Å². The van der Waals surface area contributed by atoms with E-state index in [9.17, 15) is 19.5 Å². The molecule has 0 bridgehead atoms. The number of rotatable bonds is 3. The number of para-hydroxylation sites is 1. The SMILES string of the molecule is CC(=O)N(c1ccccc1)C1S[C@@H]2CC(=O)N2CC1(C)C(=O)O. The number of nitrogens with zero attached hydrogens (tertiary/aromatic N) is 2. The van der Waals surface area contributed by atoms with Crippen LogP contribution in [0, 0.1) is 5.41 Å². The molecule has 2 amide bonds. The van der Waals surface area contributed by atoms with E-state index in [1.807, 2.05) is 18.2 Å². The van der Waals surface area contributed by atoms with E-state index in [0.717, 1.165) is 0 Å². The molecule has 7 heteroatoms. The predicted octanol–water partition coefficient (Wildman–Crippen LogP) is 1.76. The minimum absolute atomic E-state index is 0.0255. The fourth-order valence-corrected chi connectivity index (χ4v) is 4.80. The van der Waals surface area contributed by atoms with Crippen LogP contribution in [-0.2, 0) is 14.4 Å². The first kappa shape index (κ1) is 15.9. The van der Waals surface area contributed by atoms with Gasteiger partial charge in [0.15, 0.2) is 0 Å². The molecule has 2 aliphatic heterocycles. The molecule has 3 atom stereocenters. The highest BCUT2D eigenvalue weighted by atomic mass is 32.2. The molecule has 1 N–H and O–H groups in total. The molecule has 0 aromatic heterocycles. The van der Waals surface area contributed by atoms with Gasteiger partial charge in [-0.2, -0.15) is 0 Å². The highest BCUT2D eigenvalue weighted by Gasteiger charge is 2.57. The Bertz CT molecular complexity index is 665. The summed E-state index contributed by atoms with van der Waals surface area (Å²) in [5.74, 6) is -1.24. The molecule has 1 aromatic carbocycles. The van der Waals surface area contributed by atoms with Crippen molar-refractivity contribution in [1.82, 2.24) is 4.90 Å². The zero-order chi connectivity index (χ0) is 16.8. The topological polar surface area (TPSA) is 77.9 Å². The molecule has 0 spiro atoms. The maximum Gasteiger partial charge on any atom is 0.314 e. The van der Waals surface area contributed by atoms with Crippen LogP contribution in [0.25, 0.3) is 0 Å². The molecule has 122 valence electrons. The second-order valence-electron chi connectivity index (χ2n) is 6.12. The van der Waals surface area contributed by atoms with Crippen molar-refractivity contribution in [1.29, 1.82) is 0 Å². The Morgan fingerprint density at radius 2 is 2.00 bits per heavy atom. The highest BCUT2D eigenvalue weighted by molar-refractivity contribution is 8.00. The molecule has 6 nitrogen and oxygen atoms in total. The van der Waals surface area contributed by atoms with E-state index >= 15 is 0 Å². The number of anilines is 1. The van der Waals surface area contributed by atoms with Crippen LogP contribution in [0.3, 0.4) is 0 Å². The third-order valence-electron chi connectivity index (χ3n) is 4.44. The highest BCUT2D eigenvalue weighted by Crippen LogP contribution is 2.49. The molecule has 0 saturated carbocycles. The van der Waals surface area contributed by atoms with E-state index in [0.29, 0.717) is 12.1 Å². The average Bonchev–Trinajstić information content (AvgIpc) is 2.50. The van der Waals surface area contributed by atoms with E-state index in [2.05, 4.69) is 0 Å². The van der Waals surface area contributed by atoms with Gasteiger partial charge in [0.05, 0.1) is 11.8 Å². The zero-order valence-electron chi connectivity index (χ0n) is 12.9. The molecule has 0 aliphatic carbocycles. The van der Waals surface area contributed by atoms with Crippen molar-refractivity contribution in [2.45, 2.75) is 31.0 Å². The number of amides is 2. The Hall–Kier alpha value is -2.02. The Morgan fingerprint density at radius 1 is 1.35 bits per heavy atom. The number of carboxylic acids is 1. The maximum absolute atomic E-state index is 12.3. The molecule has 3 rings (SSSR count). The smallest absolute Gasteiger partial charge is 0.314 e. The number of hydrogen-bond donors (Lipinski definition) is 1. The molecular formula is C16H18N2O4S. The average molecular weight is 334 g/mol. The Labute approximate surface area is 138 Å². The van der Waals surface area contributed by atoms with E-state index < -0.39 is 16.8 Å². The fourth-order valence-electron chi connectivity index (χ4n) is 3.06. The van der Waals surface area contributed by atoms with Gasteiger partial charge in [0, 0.05) is 19.2 Å². The van der Waals surface area contributed by atoms with Gasteiger partial charge in [0.1, 0.15) is 10.8 Å². The minimum Gasteiger partial charge on any atom is -0.481 e. The van der Waals surface area contributed by atoms with Gasteiger partial charge in [0.2, 0.25) is 11.8 Å². The Balaban J connectivity index is 2.01. The first-order valence-corrected chi connectivity index (χ1v) is 8.32. The number of carbonyl (C=O) groups excluding carboxylic acids is 2. The van der Waals surface area contributed by atoms with Gasteiger partial charge in [-0.1, -0.05) is 18.2 Å². The van der Waals surface area contributed by atoms with Crippen molar-refractivity contribution < 1.29 is 19.5 Å². The number of β-lactam (4-membered cyclic amide) rings is 1. The summed E-state index contributed by atoms with van der Waals surface area (Å²) in [5, 5.41) is 9.16. The third kappa shape index (κ3) is 2.49. The quantitative estimate of drug-likeness (QED) is 0.852. The second kappa shape index (κ2) is 5.56. The van der Waals surface area contributed by atoms with Crippen LogP contribution in [0.2, 0.25) is 0 Å². The Morgan fingerprint density at radius 3 is 2.52 bits per heavy atom. The van der Waals surface area contributed by atoms with Gasteiger partial charge in [-0.25, -0.2) is 0 Å². The second-order valence-corrected chi connectivity index (χ2v) is 7.38. The fraction of sp³-hybridized carbons (Fsp3) is 0.438. The Kier molecular flexibility index (Phi) is 3.83. The maximum atomic E-state index is 12.3. The van der Waals surface area contributed by atoms with Crippen molar-refractivity contribution in [3.8, 4) is 0 Å². The lowest BCUT2D eigenvalue weighted by atomic mass is 9.86. The lowest BCUT2D eigenvalue weighted by molar-refractivity contribution is -0.155. The summed E-state index contributed by atoms with van der Waals surface area (Å²) in [6.45, 7) is 3.17. The van der Waals surface area contributed by atoms with Gasteiger partial charge in [-0.05, 0) is 19.1 Å². The van der Waals surface area contributed by atoms with Crippen LogP contribution in [0.1, 0.15) is 20.3 Å². The van der Waals surface area contributed by atoms with Crippen LogP contribution in [-0.4, -0.2) is 45.1 Å². The summed E-state index contributed by atoms with van der Waals surface area (Å²) < 4.78 is 0. The van der Waals surface area contributed by atoms with Crippen molar-refractivity contribution in [2.24, 2.45) is 5.41 Å². The van der Waals surface area contributed by atoms with Crippen molar-refractivity contribution in [3.63, 3.8) is 0 Å². The van der Waals surface area contributed by atoms with Gasteiger partial charge in [-0.15, -0.1) is 11.8 Å². The first-order chi connectivity index (χ1) is 10.8. The normalized spacial score (nSPS) is 29.5. The molecule has 1 aromatic rings. The summed E-state index contributed by atoms with van der Waals surface area (Å²) in [6.07, 6.45) is 0.400. The van der Waals surface area contributed by atoms with Gasteiger partial charge < -0.3 is 10.0 Å². The van der Waals surface area contributed by atoms with Crippen LogP contribution >= 0.6 is 11.8 Å². The minimum atomic E-state index is -1.22. The number of carbonyl (C=O) groups is 3. The third-order valence-corrected chi connectivity index (χ3v) is 6.17. The summed E-state index contributed by atoms with van der Waals surface area (Å²) in [4.78, 5) is 39.0. The molecule has 23 heavy (non-hydrogen) atoms. The molecule has 0 radical (unpaired) electrons. The summed E-state index contributed by atoms with van der Waals surface area (Å²) in [7, 11) is 0. The number of aliphatic carboxylic acids is 1. The number of thioether (sulfide) groups is 1. The summed E-state index contributed by atoms with van der Waals surface area (Å²) in [5.41, 5.74) is -0.553. The summed E-state index contributed by atoms with van der Waals surface area (Å²) in [6, 6.07) is 9.07. The first-order valence-electron chi connectivity index (χ1n) is 7.38. The van der Waals surface area contributed by atoms with Crippen LogP contribution < -0.4 is 4.90 Å². The van der Waals surface area contributed by atoms with Crippen LogP contribution in [0.15, 0.2) is 30.3 Å². The van der Waals surface area contributed by atoms with Crippen molar-refractivity contribution >= 4 is 35.2 Å². The monoisotopic (exact) mass is 334 g/mol. The van der Waals surface area contributed by atoms with Crippen molar-refractivity contribution in [2.75, 3.05) is 11.4 Å².